The molecule has 0 radical (unpaired) electrons. The molecule has 5 rings (SSSR count). The normalized spacial score (nSPS) is 37.6. The third-order valence-corrected chi connectivity index (χ3v) is 13.0. The van der Waals surface area contributed by atoms with Gasteiger partial charge >= 0.3 is 30.8 Å². The van der Waals surface area contributed by atoms with Crippen LogP contribution in [0.1, 0.15) is 118 Å². The van der Waals surface area contributed by atoms with Crippen molar-refractivity contribution in [3.63, 3.8) is 0 Å². The van der Waals surface area contributed by atoms with Crippen LogP contribution in [0.4, 0.5) is 0 Å². The Morgan fingerprint density at radius 3 is 1.89 bits per heavy atom. The number of methoxy groups -OCH3 is 1. The van der Waals surface area contributed by atoms with Gasteiger partial charge in [0.1, 0.15) is 6.10 Å². The van der Waals surface area contributed by atoms with Gasteiger partial charge < -0.3 is 30.3 Å². The van der Waals surface area contributed by atoms with E-state index >= 15 is 0 Å². The predicted octanol–water partition coefficient (Wildman–Crippen LogP) is 3.78. The molecule has 4 aliphatic carbocycles. The summed E-state index contributed by atoms with van der Waals surface area (Å²) in [6.07, 6.45) is 12.9. The second-order valence-corrected chi connectivity index (χ2v) is 15.7. The molecule has 47 heavy (non-hydrogen) atoms. The van der Waals surface area contributed by atoms with E-state index in [0.717, 1.165) is 51.4 Å². The molecule has 0 spiro atoms. The first-order valence-corrected chi connectivity index (χ1v) is 17.4. The molecule has 4 saturated carbocycles. The number of halogens is 1. The van der Waals surface area contributed by atoms with Crippen molar-refractivity contribution in [3.8, 4) is 0 Å². The minimum absolute atomic E-state index is 0. The summed E-state index contributed by atoms with van der Waals surface area (Å²) in [5.41, 5.74) is 1.42. The van der Waals surface area contributed by atoms with Crippen LogP contribution in [0.2, 0.25) is 0 Å². The monoisotopic (exact) mass is 676 g/mol. The number of cyclic esters (lactones) is 1. The first-order chi connectivity index (χ1) is 20.7. The van der Waals surface area contributed by atoms with Crippen molar-refractivity contribution in [2.24, 2.45) is 46.3 Å². The molecule has 4 N–H and O–H groups in total. The zero-order chi connectivity index (χ0) is 32.4. The quantitative estimate of drug-likeness (QED) is 0.190. The molecule has 12 atom stereocenters. The number of esters is 2. The van der Waals surface area contributed by atoms with Crippen molar-refractivity contribution in [3.05, 3.63) is 24.3 Å². The zero-order valence-electron chi connectivity index (χ0n) is 29.9. The van der Waals surface area contributed by atoms with Crippen LogP contribution in [-0.4, -0.2) is 64.3 Å². The molecule has 5 aliphatic rings. The largest absolute Gasteiger partial charge is 1.00 e. The first kappa shape index (κ1) is 44.2. The summed E-state index contributed by atoms with van der Waals surface area (Å²) in [7, 11) is 1.33. The Hall–Kier alpha value is -0.853. The number of ether oxygens (including phenoxy) is 2. The predicted molar refractivity (Wildman–Crippen MR) is 181 cm³/mol. The molecule has 0 bridgehead atoms. The minimum Gasteiger partial charge on any atom is -0.870 e. The summed E-state index contributed by atoms with van der Waals surface area (Å²) in [6.45, 7) is 16.7. The Morgan fingerprint density at radius 1 is 0.957 bits per heavy atom. The number of fused-ring (bicyclic) bond motifs is 2. The van der Waals surface area contributed by atoms with E-state index in [1.165, 1.54) is 26.4 Å². The van der Waals surface area contributed by atoms with Gasteiger partial charge in [0.15, 0.2) is 0 Å². The van der Waals surface area contributed by atoms with Crippen LogP contribution < -0.4 is 18.9 Å². The van der Waals surface area contributed by atoms with Crippen molar-refractivity contribution < 1.29 is 58.7 Å². The van der Waals surface area contributed by atoms with Gasteiger partial charge in [0.25, 0.3) is 0 Å². The van der Waals surface area contributed by atoms with Gasteiger partial charge in [0.2, 0.25) is 0 Å². The van der Waals surface area contributed by atoms with Crippen LogP contribution in [0.3, 0.4) is 0 Å². The number of hydrogen-bond donors (Lipinski definition) is 3. The van der Waals surface area contributed by atoms with Gasteiger partial charge in [-0.1, -0.05) is 53.7 Å². The van der Waals surface area contributed by atoms with Crippen LogP contribution in [-0.2, 0) is 19.1 Å². The van der Waals surface area contributed by atoms with Gasteiger partial charge in [-0.05, 0) is 111 Å². The van der Waals surface area contributed by atoms with E-state index in [9.17, 15) is 24.9 Å². The third kappa shape index (κ3) is 9.69. The van der Waals surface area contributed by atoms with Crippen LogP contribution in [0.15, 0.2) is 24.3 Å². The Kier molecular flexibility index (Phi) is 17.3. The number of hydrogen-bond acceptors (Lipinski definition) is 8. The molecule has 1 saturated heterocycles. The van der Waals surface area contributed by atoms with E-state index in [0.29, 0.717) is 59.5 Å². The van der Waals surface area contributed by atoms with E-state index in [2.05, 4.69) is 45.6 Å². The summed E-state index contributed by atoms with van der Waals surface area (Å²) in [5, 5.41) is 30.9. The van der Waals surface area contributed by atoms with E-state index in [1.807, 2.05) is 0 Å². The number of carbonyl (C=O) groups excluding carboxylic acids is 2. The van der Waals surface area contributed by atoms with E-state index in [4.69, 9.17) is 4.74 Å². The molecule has 4 unspecified atom stereocenters. The van der Waals surface area contributed by atoms with Crippen molar-refractivity contribution in [1.29, 1.82) is 0 Å². The maximum absolute atomic E-state index is 11.5. The van der Waals surface area contributed by atoms with E-state index in [-0.39, 0.29) is 78.3 Å². The summed E-state index contributed by atoms with van der Waals surface area (Å²) in [5.74, 6) is 2.31. The third-order valence-electron chi connectivity index (χ3n) is 13.0. The van der Waals surface area contributed by atoms with Gasteiger partial charge in [-0.2, -0.15) is 0 Å². The Morgan fingerprint density at radius 2 is 1.45 bits per heavy atom. The summed E-state index contributed by atoms with van der Waals surface area (Å²) < 4.78 is 10.0. The molecular formula is C37H62ClLiO8. The second kappa shape index (κ2) is 18.4. The fraction of sp³-hybridized carbons (Fsp3) is 0.838. The minimum atomic E-state index is -0.562. The standard InChI is InChI=1S/C19H32O4.C18H28O3.ClH.Li.H2O/c1-12(10-14(20)11-13(2)18(22)23-4)15-7-8-16-17(21)6-5-9-19(15,16)3;1-11(9-13-10-12(2)17(20)21-13)14-6-7-15-16(19)5-4-8-18(14,15)3;;;/h12,14-17,20-21H,2,5-11H2,1,3-4H3;11,13-16,19H,2,4-10H2,1,3H3;1H;;1H2/q;;;+1;/p-1/t12-,14?,15-,16?,17?,19-;11-,13-,14-,15?,16+,18-;;;/m11.../s1. The molecule has 8 nitrogen and oxygen atoms in total. The van der Waals surface area contributed by atoms with Crippen LogP contribution in [0, 0.1) is 46.3 Å². The maximum Gasteiger partial charge on any atom is 1.00 e. The summed E-state index contributed by atoms with van der Waals surface area (Å²) in [6, 6.07) is 0. The van der Waals surface area contributed by atoms with E-state index < -0.39 is 12.1 Å². The number of aliphatic hydroxyl groups is 3. The topological polar surface area (TPSA) is 143 Å². The number of rotatable bonds is 9. The fourth-order valence-electron chi connectivity index (χ4n) is 10.8. The van der Waals surface area contributed by atoms with Crippen molar-refractivity contribution >= 4 is 24.3 Å². The SMILES string of the molecule is C=C(CC(O)C[C@@H](C)[C@H]1CCC2C(O)CCC[C@@]21C)C(=O)OC.C=C1C[C@@H](C[C@@H](C)[C@H]2CCC3[C@@H](O)CCC[C@@]32C)OC1=O.Cl.[Li+].[OH-]. The van der Waals surface area contributed by atoms with Crippen molar-refractivity contribution in [2.75, 3.05) is 7.11 Å². The van der Waals surface area contributed by atoms with Gasteiger partial charge in [0, 0.05) is 24.0 Å². The Balaban J connectivity index is 0.000000443. The van der Waals surface area contributed by atoms with Gasteiger partial charge in [0.05, 0.1) is 25.4 Å². The van der Waals surface area contributed by atoms with Gasteiger partial charge in [-0.3, -0.25) is 0 Å². The van der Waals surface area contributed by atoms with E-state index in [1.54, 1.807) is 0 Å². The molecular weight excluding hydrogens is 615 g/mol. The molecule has 0 aromatic rings. The van der Waals surface area contributed by atoms with Crippen molar-refractivity contribution in [1.82, 2.24) is 0 Å². The molecule has 5 fully saturated rings. The molecule has 0 amide bonds. The molecule has 10 heteroatoms. The van der Waals surface area contributed by atoms with Crippen LogP contribution >= 0.6 is 12.4 Å². The van der Waals surface area contributed by atoms with Crippen LogP contribution in [0.5, 0.6) is 0 Å². The second-order valence-electron chi connectivity index (χ2n) is 15.7. The molecule has 1 heterocycles. The summed E-state index contributed by atoms with van der Waals surface area (Å²) in [4.78, 5) is 22.9. The zero-order valence-corrected chi connectivity index (χ0v) is 30.7. The molecule has 0 aromatic carbocycles. The maximum atomic E-state index is 11.5. The molecule has 0 aromatic heterocycles. The van der Waals surface area contributed by atoms with Gasteiger partial charge in [-0.25, -0.2) is 9.59 Å². The van der Waals surface area contributed by atoms with Gasteiger partial charge in [-0.15, -0.1) is 12.4 Å². The Bertz CT molecular complexity index is 1050. The van der Waals surface area contributed by atoms with Crippen LogP contribution in [0.25, 0.3) is 0 Å². The molecule has 266 valence electrons. The molecule has 1 aliphatic heterocycles. The number of carbonyl (C=O) groups is 2. The average molecular weight is 677 g/mol. The van der Waals surface area contributed by atoms with Crippen molar-refractivity contribution in [2.45, 2.75) is 142 Å². The summed E-state index contributed by atoms with van der Waals surface area (Å²) >= 11 is 0. The number of aliphatic hydroxyl groups excluding tert-OH is 3. The smallest absolute Gasteiger partial charge is 0.870 e. The Labute approximate surface area is 301 Å². The average Bonchev–Trinajstić information content (AvgIpc) is 3.60. The fourth-order valence-corrected chi connectivity index (χ4v) is 10.8. The first-order valence-electron chi connectivity index (χ1n) is 17.4.